The van der Waals surface area contributed by atoms with Crippen molar-refractivity contribution in [2.45, 2.75) is 12.3 Å². The maximum atomic E-state index is 11.2. The Morgan fingerprint density at radius 1 is 1.38 bits per heavy atom. The Morgan fingerprint density at radius 2 is 2.08 bits per heavy atom. The number of carbonyl (C=O) groups is 1. The third-order valence-corrected chi connectivity index (χ3v) is 2.83. The second kappa shape index (κ2) is 3.51. The van der Waals surface area contributed by atoms with Crippen molar-refractivity contribution in [2.75, 3.05) is 5.88 Å². The molecule has 1 aromatic carbocycles. The summed E-state index contributed by atoms with van der Waals surface area (Å²) in [5, 5.41) is 0. The molecule has 1 saturated carbocycles. The SMILES string of the molecule is O=C(CCl)[C@H]1C[C@H]1c1ccccc1. The van der Waals surface area contributed by atoms with E-state index in [0.29, 0.717) is 5.92 Å². The van der Waals surface area contributed by atoms with Crippen LogP contribution in [0, 0.1) is 5.92 Å². The number of hydrogen-bond acceptors (Lipinski definition) is 1. The zero-order chi connectivity index (χ0) is 9.26. The van der Waals surface area contributed by atoms with Crippen LogP contribution in [0.5, 0.6) is 0 Å². The number of benzene rings is 1. The average Bonchev–Trinajstić information content (AvgIpc) is 2.98. The summed E-state index contributed by atoms with van der Waals surface area (Å²) < 4.78 is 0. The minimum atomic E-state index is 0.161. The van der Waals surface area contributed by atoms with Gasteiger partial charge in [-0.25, -0.2) is 0 Å². The van der Waals surface area contributed by atoms with Gasteiger partial charge in [0.05, 0.1) is 5.88 Å². The molecular weight excluding hydrogens is 184 g/mol. The lowest BCUT2D eigenvalue weighted by Crippen LogP contribution is -2.02. The fraction of sp³-hybridized carbons (Fsp3) is 0.364. The van der Waals surface area contributed by atoms with Gasteiger partial charge in [0, 0.05) is 5.92 Å². The molecule has 0 unspecified atom stereocenters. The van der Waals surface area contributed by atoms with E-state index < -0.39 is 0 Å². The van der Waals surface area contributed by atoms with Crippen molar-refractivity contribution in [2.24, 2.45) is 5.92 Å². The summed E-state index contributed by atoms with van der Waals surface area (Å²) in [6.07, 6.45) is 0.982. The highest BCUT2D eigenvalue weighted by Crippen LogP contribution is 2.47. The maximum Gasteiger partial charge on any atom is 0.151 e. The molecule has 1 aliphatic carbocycles. The van der Waals surface area contributed by atoms with E-state index in [1.54, 1.807) is 0 Å². The van der Waals surface area contributed by atoms with E-state index in [0.717, 1.165) is 6.42 Å². The smallest absolute Gasteiger partial charge is 0.151 e. The van der Waals surface area contributed by atoms with E-state index in [-0.39, 0.29) is 17.6 Å². The van der Waals surface area contributed by atoms with Crippen LogP contribution in [0.1, 0.15) is 17.9 Å². The van der Waals surface area contributed by atoms with Gasteiger partial charge in [-0.15, -0.1) is 11.6 Å². The Kier molecular flexibility index (Phi) is 2.36. The molecule has 0 aromatic heterocycles. The van der Waals surface area contributed by atoms with E-state index in [1.807, 2.05) is 18.2 Å². The molecule has 13 heavy (non-hydrogen) atoms. The van der Waals surface area contributed by atoms with Crippen LogP contribution >= 0.6 is 11.6 Å². The van der Waals surface area contributed by atoms with Gasteiger partial charge in [-0.05, 0) is 17.9 Å². The average molecular weight is 195 g/mol. The molecule has 1 aliphatic rings. The number of ketones is 1. The number of hydrogen-bond donors (Lipinski definition) is 0. The molecule has 1 nitrogen and oxygen atoms in total. The molecule has 1 aromatic rings. The van der Waals surface area contributed by atoms with Crippen LogP contribution in [0.2, 0.25) is 0 Å². The predicted molar refractivity (Wildman–Crippen MR) is 53.0 cm³/mol. The molecule has 0 aliphatic heterocycles. The first-order valence-electron chi connectivity index (χ1n) is 4.46. The van der Waals surface area contributed by atoms with Gasteiger partial charge in [-0.1, -0.05) is 30.3 Å². The standard InChI is InChI=1S/C11H11ClO/c12-7-11(13)10-6-9(10)8-4-2-1-3-5-8/h1-5,9-10H,6-7H2/t9-,10-/m0/s1. The van der Waals surface area contributed by atoms with Gasteiger partial charge >= 0.3 is 0 Å². The van der Waals surface area contributed by atoms with Gasteiger partial charge < -0.3 is 0 Å². The fourth-order valence-electron chi connectivity index (χ4n) is 1.72. The van der Waals surface area contributed by atoms with Gasteiger partial charge in [0.2, 0.25) is 0 Å². The zero-order valence-corrected chi connectivity index (χ0v) is 8.00. The minimum absolute atomic E-state index is 0.161. The summed E-state index contributed by atoms with van der Waals surface area (Å²) in [6, 6.07) is 10.2. The van der Waals surface area contributed by atoms with Crippen LogP contribution in [0.15, 0.2) is 30.3 Å². The van der Waals surface area contributed by atoms with Crippen LogP contribution < -0.4 is 0 Å². The Balaban J connectivity index is 2.04. The van der Waals surface area contributed by atoms with Gasteiger partial charge in [0.25, 0.3) is 0 Å². The highest BCUT2D eigenvalue weighted by Gasteiger charge is 2.42. The molecule has 2 heteroatoms. The fourth-order valence-corrected chi connectivity index (χ4v) is 1.92. The molecule has 2 atom stereocenters. The predicted octanol–water partition coefficient (Wildman–Crippen LogP) is 2.60. The number of rotatable bonds is 3. The van der Waals surface area contributed by atoms with Crippen LogP contribution in [-0.4, -0.2) is 11.7 Å². The summed E-state index contributed by atoms with van der Waals surface area (Å²) in [7, 11) is 0. The van der Waals surface area contributed by atoms with Crippen molar-refractivity contribution >= 4 is 17.4 Å². The summed E-state index contributed by atoms with van der Waals surface area (Å²) >= 11 is 5.49. The highest BCUT2D eigenvalue weighted by atomic mass is 35.5. The molecule has 0 heterocycles. The quantitative estimate of drug-likeness (QED) is 0.676. The summed E-state index contributed by atoms with van der Waals surface area (Å²) in [5.74, 6) is 0.983. The maximum absolute atomic E-state index is 11.2. The van der Waals surface area contributed by atoms with E-state index in [9.17, 15) is 4.79 Å². The topological polar surface area (TPSA) is 17.1 Å². The van der Waals surface area contributed by atoms with E-state index in [1.165, 1.54) is 5.56 Å². The normalized spacial score (nSPS) is 25.6. The molecule has 2 rings (SSSR count). The highest BCUT2D eigenvalue weighted by molar-refractivity contribution is 6.28. The number of alkyl halides is 1. The molecule has 0 radical (unpaired) electrons. The van der Waals surface area contributed by atoms with Crippen molar-refractivity contribution in [1.29, 1.82) is 0 Å². The number of carbonyl (C=O) groups excluding carboxylic acids is 1. The molecule has 0 bridgehead atoms. The Bertz CT molecular complexity index is 307. The summed E-state index contributed by atoms with van der Waals surface area (Å²) in [6.45, 7) is 0. The van der Waals surface area contributed by atoms with Gasteiger partial charge in [-0.2, -0.15) is 0 Å². The Morgan fingerprint density at radius 3 is 2.69 bits per heavy atom. The lowest BCUT2D eigenvalue weighted by atomic mass is 10.1. The van der Waals surface area contributed by atoms with Crippen molar-refractivity contribution in [3.8, 4) is 0 Å². The van der Waals surface area contributed by atoms with E-state index in [4.69, 9.17) is 11.6 Å². The Hall–Kier alpha value is -0.820. The molecule has 0 spiro atoms. The van der Waals surface area contributed by atoms with Crippen molar-refractivity contribution in [3.63, 3.8) is 0 Å². The van der Waals surface area contributed by atoms with Crippen molar-refractivity contribution in [3.05, 3.63) is 35.9 Å². The second-order valence-corrected chi connectivity index (χ2v) is 3.73. The van der Waals surface area contributed by atoms with E-state index in [2.05, 4.69) is 12.1 Å². The van der Waals surface area contributed by atoms with Crippen molar-refractivity contribution in [1.82, 2.24) is 0 Å². The van der Waals surface area contributed by atoms with Crippen molar-refractivity contribution < 1.29 is 4.79 Å². The third kappa shape index (κ3) is 1.75. The molecule has 68 valence electrons. The lowest BCUT2D eigenvalue weighted by molar-refractivity contribution is -0.117. The van der Waals surface area contributed by atoms with Crippen LogP contribution in [0.25, 0.3) is 0 Å². The molecular formula is C11H11ClO. The summed E-state index contributed by atoms with van der Waals surface area (Å²) in [4.78, 5) is 11.2. The molecule has 0 saturated heterocycles. The van der Waals surface area contributed by atoms with Crippen LogP contribution in [0.3, 0.4) is 0 Å². The third-order valence-electron chi connectivity index (χ3n) is 2.56. The number of Topliss-reactive ketones (excluding diaryl/α,β-unsaturated/α-hetero) is 1. The first-order chi connectivity index (χ1) is 6.33. The zero-order valence-electron chi connectivity index (χ0n) is 7.24. The molecule has 0 amide bonds. The first-order valence-corrected chi connectivity index (χ1v) is 5.00. The van der Waals surface area contributed by atoms with Gasteiger partial charge in [0.15, 0.2) is 5.78 Å². The first kappa shape index (κ1) is 8.76. The Labute approximate surface area is 82.7 Å². The van der Waals surface area contributed by atoms with Gasteiger partial charge in [0.1, 0.15) is 0 Å². The van der Waals surface area contributed by atoms with E-state index >= 15 is 0 Å². The minimum Gasteiger partial charge on any atom is -0.298 e. The molecule has 0 N–H and O–H groups in total. The second-order valence-electron chi connectivity index (χ2n) is 3.46. The molecule has 1 fully saturated rings. The largest absolute Gasteiger partial charge is 0.298 e. The van der Waals surface area contributed by atoms with Crippen LogP contribution in [-0.2, 0) is 4.79 Å². The lowest BCUT2D eigenvalue weighted by Gasteiger charge is -1.97. The van der Waals surface area contributed by atoms with Crippen LogP contribution in [0.4, 0.5) is 0 Å². The van der Waals surface area contributed by atoms with Gasteiger partial charge in [-0.3, -0.25) is 4.79 Å². The monoisotopic (exact) mass is 194 g/mol. The number of halogens is 1. The summed E-state index contributed by atoms with van der Waals surface area (Å²) in [5.41, 5.74) is 1.27.